The Morgan fingerprint density at radius 1 is 1.27 bits per heavy atom. The zero-order valence-electron chi connectivity index (χ0n) is 18.2. The fourth-order valence-corrected chi connectivity index (χ4v) is 4.39. The van der Waals surface area contributed by atoms with Gasteiger partial charge in [-0.2, -0.15) is 13.2 Å². The topological polar surface area (TPSA) is 58.2 Å². The fraction of sp³-hybridized carbons (Fsp3) is 0.360. The molecule has 4 rings (SSSR count). The van der Waals surface area contributed by atoms with Gasteiger partial charge in [-0.05, 0) is 56.1 Å². The zero-order valence-corrected chi connectivity index (χ0v) is 18.2. The van der Waals surface area contributed by atoms with Gasteiger partial charge in [0.15, 0.2) is 0 Å². The minimum Gasteiger partial charge on any atom is -0.481 e. The number of aromatic nitrogens is 2. The number of nitrogens with zero attached hydrogens (tertiary/aromatic N) is 2. The predicted molar refractivity (Wildman–Crippen MR) is 120 cm³/mol. The molecule has 1 unspecified atom stereocenters. The maximum atomic E-state index is 13.5. The third-order valence-electron chi connectivity index (χ3n) is 5.86. The molecule has 2 aromatic heterocycles. The van der Waals surface area contributed by atoms with Gasteiger partial charge in [0.1, 0.15) is 12.4 Å². The van der Waals surface area contributed by atoms with E-state index < -0.39 is 22.7 Å². The van der Waals surface area contributed by atoms with Crippen LogP contribution in [0.1, 0.15) is 41.3 Å². The van der Waals surface area contributed by atoms with Gasteiger partial charge in [-0.25, -0.2) is 0 Å². The van der Waals surface area contributed by atoms with Gasteiger partial charge < -0.3 is 9.72 Å². The summed E-state index contributed by atoms with van der Waals surface area (Å²) in [6.07, 6.45) is 2.35. The average molecular weight is 455 g/mol. The predicted octanol–water partition coefficient (Wildman–Crippen LogP) is 4.64. The van der Waals surface area contributed by atoms with Crippen LogP contribution in [0.5, 0.6) is 5.75 Å². The summed E-state index contributed by atoms with van der Waals surface area (Å²) in [5.74, 6) is 3.15. The molecule has 0 amide bonds. The van der Waals surface area contributed by atoms with E-state index >= 15 is 0 Å². The van der Waals surface area contributed by atoms with Crippen molar-refractivity contribution in [1.29, 1.82) is 0 Å². The van der Waals surface area contributed by atoms with E-state index in [4.69, 9.17) is 11.2 Å². The molecule has 172 valence electrons. The van der Waals surface area contributed by atoms with Crippen LogP contribution in [-0.4, -0.2) is 34.6 Å². The number of benzene rings is 1. The van der Waals surface area contributed by atoms with Crippen molar-refractivity contribution in [2.24, 2.45) is 0 Å². The molecular weight excluding hydrogens is 431 g/mol. The number of terminal acetylenes is 1. The van der Waals surface area contributed by atoms with Crippen molar-refractivity contribution in [2.45, 2.75) is 38.4 Å². The number of aromatic amines is 1. The summed E-state index contributed by atoms with van der Waals surface area (Å²) in [5, 5.41) is -0.406. The van der Waals surface area contributed by atoms with Crippen LogP contribution < -0.4 is 10.3 Å². The molecule has 1 aliphatic heterocycles. The van der Waals surface area contributed by atoms with E-state index in [9.17, 15) is 18.0 Å². The number of halogens is 3. The molecule has 3 aromatic rings. The van der Waals surface area contributed by atoms with Crippen molar-refractivity contribution in [3.05, 3.63) is 69.3 Å². The van der Waals surface area contributed by atoms with Crippen LogP contribution in [0.2, 0.25) is 0 Å². The minimum atomic E-state index is -4.62. The highest BCUT2D eigenvalue weighted by Gasteiger charge is 2.35. The van der Waals surface area contributed by atoms with E-state index in [2.05, 4.69) is 20.8 Å². The van der Waals surface area contributed by atoms with Crippen molar-refractivity contribution < 1.29 is 17.9 Å². The molecule has 1 N–H and O–H groups in total. The van der Waals surface area contributed by atoms with E-state index in [1.165, 1.54) is 6.92 Å². The Labute approximate surface area is 189 Å². The number of hydrogen-bond donors (Lipinski definition) is 1. The molecule has 0 spiro atoms. The van der Waals surface area contributed by atoms with E-state index in [1.807, 2.05) is 24.3 Å². The maximum absolute atomic E-state index is 13.5. The van der Waals surface area contributed by atoms with E-state index in [1.54, 1.807) is 6.07 Å². The smallest absolute Gasteiger partial charge is 0.417 e. The van der Waals surface area contributed by atoms with Crippen LogP contribution in [0.4, 0.5) is 13.2 Å². The summed E-state index contributed by atoms with van der Waals surface area (Å²) >= 11 is 0. The van der Waals surface area contributed by atoms with E-state index in [-0.39, 0.29) is 23.7 Å². The number of nitrogens with one attached hydrogen (secondary N) is 1. The largest absolute Gasteiger partial charge is 0.481 e. The highest BCUT2D eigenvalue weighted by atomic mass is 19.4. The molecule has 0 radical (unpaired) electrons. The molecular formula is C25H24F3N3O2. The van der Waals surface area contributed by atoms with Crippen molar-refractivity contribution >= 4 is 10.9 Å². The summed E-state index contributed by atoms with van der Waals surface area (Å²) < 4.78 is 45.8. The Morgan fingerprint density at radius 3 is 2.73 bits per heavy atom. The lowest BCUT2D eigenvalue weighted by atomic mass is 9.93. The summed E-state index contributed by atoms with van der Waals surface area (Å²) in [6.45, 7) is 4.03. The van der Waals surface area contributed by atoms with Gasteiger partial charge >= 0.3 is 6.18 Å². The van der Waals surface area contributed by atoms with E-state index in [0.717, 1.165) is 37.6 Å². The van der Waals surface area contributed by atoms with Crippen LogP contribution in [0, 0.1) is 19.3 Å². The number of piperidine rings is 1. The third kappa shape index (κ3) is 5.20. The molecule has 1 fully saturated rings. The first kappa shape index (κ1) is 22.9. The first-order valence-corrected chi connectivity index (χ1v) is 10.7. The second-order valence-electron chi connectivity index (χ2n) is 8.33. The molecule has 3 heterocycles. The molecule has 1 aromatic carbocycles. The van der Waals surface area contributed by atoms with Gasteiger partial charge in [0.25, 0.3) is 5.56 Å². The van der Waals surface area contributed by atoms with Gasteiger partial charge in [0, 0.05) is 30.4 Å². The Hall–Kier alpha value is -3.31. The molecule has 8 heteroatoms. The Morgan fingerprint density at radius 2 is 2.03 bits per heavy atom. The first-order chi connectivity index (χ1) is 15.7. The standard InChI is InChI=1S/C25H24F3N3O2/c1-3-11-33-19-8-6-17(7-9-19)14-31-10-4-5-18(15-31)21-13-22-23(24(32)30-21)20(25(26,27)28)12-16(2)29-22/h1,6-9,12-13,18H,4-5,10-11,14-15H2,2H3,(H,30,32). The minimum absolute atomic E-state index is 0.00531. The lowest BCUT2D eigenvalue weighted by molar-refractivity contribution is -0.136. The molecule has 0 aliphatic carbocycles. The quantitative estimate of drug-likeness (QED) is 0.570. The first-order valence-electron chi connectivity index (χ1n) is 10.7. The summed E-state index contributed by atoms with van der Waals surface area (Å²) in [7, 11) is 0. The second kappa shape index (κ2) is 9.28. The molecule has 5 nitrogen and oxygen atoms in total. The van der Waals surface area contributed by atoms with Gasteiger partial charge in [-0.15, -0.1) is 6.42 Å². The Kier molecular flexibility index (Phi) is 6.43. The van der Waals surface area contributed by atoms with Crippen molar-refractivity contribution in [1.82, 2.24) is 14.9 Å². The lowest BCUT2D eigenvalue weighted by Crippen LogP contribution is -2.34. The van der Waals surface area contributed by atoms with E-state index in [0.29, 0.717) is 18.0 Å². The molecule has 0 bridgehead atoms. The highest BCUT2D eigenvalue weighted by molar-refractivity contribution is 5.82. The average Bonchev–Trinajstić information content (AvgIpc) is 2.77. The van der Waals surface area contributed by atoms with Gasteiger partial charge in [-0.1, -0.05) is 18.1 Å². The molecule has 33 heavy (non-hydrogen) atoms. The SMILES string of the molecule is C#CCOc1ccc(CN2CCCC(c3cc4nc(C)cc(C(F)(F)F)c4c(=O)[nH]3)C2)cc1. The summed E-state index contributed by atoms with van der Waals surface area (Å²) in [5.41, 5.74) is 0.357. The lowest BCUT2D eigenvalue weighted by Gasteiger charge is -2.32. The van der Waals surface area contributed by atoms with Crippen LogP contribution in [0.15, 0.2) is 41.2 Å². The van der Waals surface area contributed by atoms with Crippen molar-refractivity contribution in [3.63, 3.8) is 0 Å². The Balaban J connectivity index is 1.55. The number of alkyl halides is 3. The molecule has 1 saturated heterocycles. The van der Waals surface area contributed by atoms with Crippen LogP contribution in [0.3, 0.4) is 0 Å². The number of rotatable bonds is 5. The van der Waals surface area contributed by atoms with Crippen LogP contribution in [-0.2, 0) is 12.7 Å². The fourth-order valence-electron chi connectivity index (χ4n) is 4.39. The van der Waals surface area contributed by atoms with Crippen LogP contribution in [0.25, 0.3) is 10.9 Å². The highest BCUT2D eigenvalue weighted by Crippen LogP contribution is 2.34. The normalized spacial score (nSPS) is 17.1. The van der Waals surface area contributed by atoms with Crippen molar-refractivity contribution in [2.75, 3.05) is 19.7 Å². The number of H-pyrrole nitrogens is 1. The molecule has 0 saturated carbocycles. The monoisotopic (exact) mass is 455 g/mol. The van der Waals surface area contributed by atoms with Gasteiger partial charge in [0.05, 0.1) is 16.5 Å². The van der Waals surface area contributed by atoms with Gasteiger partial charge in [-0.3, -0.25) is 14.7 Å². The Bertz CT molecular complexity index is 1240. The number of hydrogen-bond acceptors (Lipinski definition) is 4. The number of fused-ring (bicyclic) bond motifs is 1. The number of pyridine rings is 2. The number of ether oxygens (including phenoxy) is 1. The maximum Gasteiger partial charge on any atom is 0.417 e. The number of aryl methyl sites for hydroxylation is 1. The molecule has 1 aliphatic rings. The van der Waals surface area contributed by atoms with Gasteiger partial charge in [0.2, 0.25) is 0 Å². The van der Waals surface area contributed by atoms with Crippen LogP contribution >= 0.6 is 0 Å². The third-order valence-corrected chi connectivity index (χ3v) is 5.86. The molecule has 1 atom stereocenters. The van der Waals surface area contributed by atoms with Crippen molar-refractivity contribution in [3.8, 4) is 18.1 Å². The summed E-state index contributed by atoms with van der Waals surface area (Å²) in [6, 6.07) is 10.2. The second-order valence-corrected chi connectivity index (χ2v) is 8.33. The zero-order chi connectivity index (χ0) is 23.6. The summed E-state index contributed by atoms with van der Waals surface area (Å²) in [4.78, 5) is 21.9. The number of likely N-dealkylation sites (tertiary alicyclic amines) is 1.